The Bertz CT molecular complexity index is 528. The maximum absolute atomic E-state index is 8.96. The molecule has 7 nitrogen and oxygen atoms in total. The van der Waals surface area contributed by atoms with Crippen LogP contribution in [0.5, 0.6) is 0 Å². The number of oxime groups is 1. The zero-order valence-corrected chi connectivity index (χ0v) is 12.8. The van der Waals surface area contributed by atoms with E-state index in [0.717, 1.165) is 23.8 Å². The number of ether oxygens (including phenoxy) is 1. The SMILES string of the molecule is Cc1nnc(N(C)CCOCC2CC2)c(C(N)=NO)c1C. The van der Waals surface area contributed by atoms with Gasteiger partial charge in [-0.25, -0.2) is 0 Å². The Morgan fingerprint density at radius 3 is 2.76 bits per heavy atom. The number of amidine groups is 1. The van der Waals surface area contributed by atoms with Gasteiger partial charge < -0.3 is 20.6 Å². The number of aryl methyl sites for hydroxylation is 1. The lowest BCUT2D eigenvalue weighted by Gasteiger charge is -2.21. The first-order valence-corrected chi connectivity index (χ1v) is 7.15. The maximum Gasteiger partial charge on any atom is 0.174 e. The number of rotatable bonds is 7. The summed E-state index contributed by atoms with van der Waals surface area (Å²) < 4.78 is 5.63. The highest BCUT2D eigenvalue weighted by Gasteiger charge is 2.21. The molecule has 2 rings (SSSR count). The third-order valence-corrected chi connectivity index (χ3v) is 3.78. The molecule has 7 heteroatoms. The van der Waals surface area contributed by atoms with E-state index in [0.29, 0.717) is 24.5 Å². The molecule has 0 unspecified atom stereocenters. The van der Waals surface area contributed by atoms with E-state index >= 15 is 0 Å². The predicted molar refractivity (Wildman–Crippen MR) is 80.8 cm³/mol. The average molecular weight is 293 g/mol. The zero-order chi connectivity index (χ0) is 15.4. The molecule has 21 heavy (non-hydrogen) atoms. The average Bonchev–Trinajstić information content (AvgIpc) is 3.29. The topological polar surface area (TPSA) is 96.9 Å². The number of anilines is 1. The Labute approximate surface area is 124 Å². The number of nitrogens with two attached hydrogens (primary N) is 1. The van der Waals surface area contributed by atoms with E-state index in [9.17, 15) is 0 Å². The molecule has 1 heterocycles. The van der Waals surface area contributed by atoms with Crippen molar-refractivity contribution in [2.24, 2.45) is 16.8 Å². The fourth-order valence-corrected chi connectivity index (χ4v) is 2.06. The highest BCUT2D eigenvalue weighted by Crippen LogP contribution is 2.28. The molecule has 0 bridgehead atoms. The lowest BCUT2D eigenvalue weighted by atomic mass is 10.1. The normalized spacial score (nSPS) is 15.3. The van der Waals surface area contributed by atoms with Gasteiger partial charge in [0.25, 0.3) is 0 Å². The van der Waals surface area contributed by atoms with Crippen molar-refractivity contribution in [1.29, 1.82) is 0 Å². The molecule has 1 aliphatic rings. The molecule has 0 saturated heterocycles. The van der Waals surface area contributed by atoms with Gasteiger partial charge in [0.05, 0.1) is 17.9 Å². The summed E-state index contributed by atoms with van der Waals surface area (Å²) in [7, 11) is 1.90. The van der Waals surface area contributed by atoms with Crippen molar-refractivity contribution in [1.82, 2.24) is 10.2 Å². The van der Waals surface area contributed by atoms with Gasteiger partial charge in [-0.3, -0.25) is 0 Å². The monoisotopic (exact) mass is 293 g/mol. The summed E-state index contributed by atoms with van der Waals surface area (Å²) in [5.41, 5.74) is 8.02. The second-order valence-electron chi connectivity index (χ2n) is 5.53. The summed E-state index contributed by atoms with van der Waals surface area (Å²) in [6, 6.07) is 0. The van der Waals surface area contributed by atoms with E-state index < -0.39 is 0 Å². The van der Waals surface area contributed by atoms with Crippen LogP contribution in [0.1, 0.15) is 29.7 Å². The second-order valence-corrected chi connectivity index (χ2v) is 5.53. The molecule has 0 aromatic carbocycles. The van der Waals surface area contributed by atoms with E-state index in [2.05, 4.69) is 15.4 Å². The number of hydrogen-bond donors (Lipinski definition) is 2. The van der Waals surface area contributed by atoms with Crippen LogP contribution in [-0.4, -0.2) is 48.0 Å². The lowest BCUT2D eigenvalue weighted by molar-refractivity contribution is 0.130. The quantitative estimate of drug-likeness (QED) is 0.256. The zero-order valence-electron chi connectivity index (χ0n) is 12.8. The predicted octanol–water partition coefficient (Wildman–Crippen LogP) is 1.05. The van der Waals surface area contributed by atoms with Crippen molar-refractivity contribution in [2.75, 3.05) is 31.7 Å². The van der Waals surface area contributed by atoms with Crippen molar-refractivity contribution in [3.05, 3.63) is 16.8 Å². The van der Waals surface area contributed by atoms with E-state index in [-0.39, 0.29) is 5.84 Å². The molecule has 1 aliphatic carbocycles. The standard InChI is InChI=1S/C14H23N5O2/c1-9-10(2)16-17-14(12(9)13(15)18-20)19(3)6-7-21-8-11-4-5-11/h11,20H,4-8H2,1-3H3,(H2,15,18). The maximum atomic E-state index is 8.96. The first-order valence-electron chi connectivity index (χ1n) is 7.15. The van der Waals surface area contributed by atoms with Crippen LogP contribution in [0.25, 0.3) is 0 Å². The molecule has 1 saturated carbocycles. The minimum absolute atomic E-state index is 0.0475. The fraction of sp³-hybridized carbons (Fsp3) is 0.643. The third-order valence-electron chi connectivity index (χ3n) is 3.78. The molecular weight excluding hydrogens is 270 g/mol. The van der Waals surface area contributed by atoms with Crippen molar-refractivity contribution in [2.45, 2.75) is 26.7 Å². The largest absolute Gasteiger partial charge is 0.409 e. The Kier molecular flexibility index (Phi) is 4.95. The van der Waals surface area contributed by atoms with Crippen LogP contribution in [0.4, 0.5) is 5.82 Å². The van der Waals surface area contributed by atoms with E-state index in [1.807, 2.05) is 25.8 Å². The Balaban J connectivity index is 2.07. The molecule has 1 fully saturated rings. The summed E-state index contributed by atoms with van der Waals surface area (Å²) in [4.78, 5) is 1.92. The van der Waals surface area contributed by atoms with E-state index in [4.69, 9.17) is 15.7 Å². The molecular formula is C14H23N5O2. The molecule has 116 valence electrons. The molecule has 1 aromatic rings. The lowest BCUT2D eigenvalue weighted by Crippen LogP contribution is -2.29. The van der Waals surface area contributed by atoms with Gasteiger partial charge in [-0.05, 0) is 38.2 Å². The summed E-state index contributed by atoms with van der Waals surface area (Å²) in [6.07, 6.45) is 2.57. The van der Waals surface area contributed by atoms with Crippen LogP contribution in [0.15, 0.2) is 5.16 Å². The molecule has 1 aromatic heterocycles. The molecule has 0 spiro atoms. The van der Waals surface area contributed by atoms with Crippen molar-refractivity contribution in [3.8, 4) is 0 Å². The number of likely N-dealkylation sites (N-methyl/N-ethyl adjacent to an activating group) is 1. The van der Waals surface area contributed by atoms with Crippen molar-refractivity contribution in [3.63, 3.8) is 0 Å². The summed E-state index contributed by atoms with van der Waals surface area (Å²) >= 11 is 0. The Morgan fingerprint density at radius 2 is 2.14 bits per heavy atom. The molecule has 0 atom stereocenters. The first-order chi connectivity index (χ1) is 10.0. The summed E-state index contributed by atoms with van der Waals surface area (Å²) in [5.74, 6) is 1.40. The smallest absolute Gasteiger partial charge is 0.174 e. The van der Waals surface area contributed by atoms with Crippen LogP contribution in [-0.2, 0) is 4.74 Å². The molecule has 3 N–H and O–H groups in total. The van der Waals surface area contributed by atoms with Crippen molar-refractivity contribution < 1.29 is 9.94 Å². The van der Waals surface area contributed by atoms with Gasteiger partial charge in [-0.15, -0.1) is 5.10 Å². The number of nitrogens with zero attached hydrogens (tertiary/aromatic N) is 4. The van der Waals surface area contributed by atoms with E-state index in [1.165, 1.54) is 12.8 Å². The molecule has 0 radical (unpaired) electrons. The van der Waals surface area contributed by atoms with Crippen molar-refractivity contribution >= 4 is 11.7 Å². The minimum Gasteiger partial charge on any atom is -0.409 e. The summed E-state index contributed by atoms with van der Waals surface area (Å²) in [6.45, 7) is 5.86. The van der Waals surface area contributed by atoms with Crippen LogP contribution >= 0.6 is 0 Å². The van der Waals surface area contributed by atoms with Gasteiger partial charge >= 0.3 is 0 Å². The van der Waals surface area contributed by atoms with E-state index in [1.54, 1.807) is 0 Å². The molecule has 0 amide bonds. The minimum atomic E-state index is 0.0475. The van der Waals surface area contributed by atoms with Crippen LogP contribution in [0, 0.1) is 19.8 Å². The van der Waals surface area contributed by atoms with Gasteiger partial charge in [-0.2, -0.15) is 5.10 Å². The van der Waals surface area contributed by atoms with Crippen LogP contribution < -0.4 is 10.6 Å². The third kappa shape index (κ3) is 3.81. The van der Waals surface area contributed by atoms with Crippen LogP contribution in [0.2, 0.25) is 0 Å². The first kappa shape index (κ1) is 15.5. The van der Waals surface area contributed by atoms with Gasteiger partial charge in [0.1, 0.15) is 0 Å². The highest BCUT2D eigenvalue weighted by atomic mass is 16.5. The van der Waals surface area contributed by atoms with Gasteiger partial charge in [-0.1, -0.05) is 5.16 Å². The number of hydrogen-bond acceptors (Lipinski definition) is 6. The van der Waals surface area contributed by atoms with Gasteiger partial charge in [0, 0.05) is 20.2 Å². The molecule has 0 aliphatic heterocycles. The fourth-order valence-electron chi connectivity index (χ4n) is 2.06. The van der Waals surface area contributed by atoms with Crippen LogP contribution in [0.3, 0.4) is 0 Å². The summed E-state index contributed by atoms with van der Waals surface area (Å²) in [5, 5.41) is 20.4. The highest BCUT2D eigenvalue weighted by molar-refractivity contribution is 6.02. The second kappa shape index (κ2) is 6.71. The Hall–Kier alpha value is -1.89. The van der Waals surface area contributed by atoms with Gasteiger partial charge in [0.15, 0.2) is 11.7 Å². The van der Waals surface area contributed by atoms with Gasteiger partial charge in [0.2, 0.25) is 0 Å². The number of aromatic nitrogens is 2. The Morgan fingerprint density at radius 1 is 1.43 bits per heavy atom.